The molecule has 0 aliphatic carbocycles. The Balaban J connectivity index is 4.26. The molecule has 0 saturated carbocycles. The van der Waals surface area contributed by atoms with Gasteiger partial charge in [0, 0.05) is 0 Å². The maximum Gasteiger partial charge on any atom is 0.230 e. The van der Waals surface area contributed by atoms with Gasteiger partial charge in [0.15, 0.2) is 0 Å². The van der Waals surface area contributed by atoms with E-state index in [0.717, 1.165) is 0 Å². The number of hydrogen-bond acceptors (Lipinski definition) is 3. The lowest BCUT2D eigenvalue weighted by Gasteiger charge is -2.37. The topological polar surface area (TPSA) is 49.3 Å². The molecular formula is C9H19NO2S. The SMILES string of the molecule is CSCC(=O)NC(C)(C)C(C)(C)O. The fourth-order valence-electron chi connectivity index (χ4n) is 0.669. The number of aliphatic hydroxyl groups is 1. The second-order valence-corrected chi connectivity index (χ2v) is 5.03. The van der Waals surface area contributed by atoms with Crippen LogP contribution in [0.5, 0.6) is 0 Å². The Bertz CT molecular complexity index is 185. The molecule has 4 heteroatoms. The van der Waals surface area contributed by atoms with Crippen molar-refractivity contribution in [1.29, 1.82) is 0 Å². The molecule has 0 fully saturated rings. The van der Waals surface area contributed by atoms with Crippen LogP contribution in [-0.4, -0.2) is 34.2 Å². The fourth-order valence-corrected chi connectivity index (χ4v) is 1.00. The largest absolute Gasteiger partial charge is 0.388 e. The zero-order valence-corrected chi connectivity index (χ0v) is 9.79. The van der Waals surface area contributed by atoms with E-state index < -0.39 is 11.1 Å². The molecule has 0 spiro atoms. The van der Waals surface area contributed by atoms with Crippen LogP contribution >= 0.6 is 11.8 Å². The van der Waals surface area contributed by atoms with E-state index in [1.807, 2.05) is 20.1 Å². The molecule has 1 amide bonds. The van der Waals surface area contributed by atoms with Gasteiger partial charge >= 0.3 is 0 Å². The van der Waals surface area contributed by atoms with Gasteiger partial charge in [0.1, 0.15) is 0 Å². The van der Waals surface area contributed by atoms with Crippen LogP contribution in [0.25, 0.3) is 0 Å². The summed E-state index contributed by atoms with van der Waals surface area (Å²) in [6.45, 7) is 7.00. The van der Waals surface area contributed by atoms with Crippen LogP contribution in [-0.2, 0) is 4.79 Å². The Morgan fingerprint density at radius 1 is 1.38 bits per heavy atom. The van der Waals surface area contributed by atoms with E-state index >= 15 is 0 Å². The minimum Gasteiger partial charge on any atom is -0.388 e. The number of hydrogen-bond donors (Lipinski definition) is 2. The summed E-state index contributed by atoms with van der Waals surface area (Å²) in [5.41, 5.74) is -1.51. The first-order valence-corrected chi connectivity index (χ1v) is 5.62. The molecular weight excluding hydrogens is 186 g/mol. The van der Waals surface area contributed by atoms with Crippen LogP contribution in [0.4, 0.5) is 0 Å². The summed E-state index contributed by atoms with van der Waals surface area (Å²) in [6, 6.07) is 0. The van der Waals surface area contributed by atoms with E-state index in [0.29, 0.717) is 5.75 Å². The van der Waals surface area contributed by atoms with Gasteiger partial charge < -0.3 is 10.4 Å². The maximum absolute atomic E-state index is 11.3. The van der Waals surface area contributed by atoms with Crippen LogP contribution in [0, 0.1) is 0 Å². The highest BCUT2D eigenvalue weighted by atomic mass is 32.2. The van der Waals surface area contributed by atoms with Crippen molar-refractivity contribution < 1.29 is 9.90 Å². The number of thioether (sulfide) groups is 1. The van der Waals surface area contributed by atoms with Gasteiger partial charge in [-0.15, -0.1) is 0 Å². The Morgan fingerprint density at radius 2 is 1.85 bits per heavy atom. The van der Waals surface area contributed by atoms with Crippen LogP contribution in [0.1, 0.15) is 27.7 Å². The first-order valence-electron chi connectivity index (χ1n) is 4.23. The predicted octanol–water partition coefficient (Wildman–Crippen LogP) is 1.02. The monoisotopic (exact) mass is 205 g/mol. The highest BCUT2D eigenvalue weighted by molar-refractivity contribution is 7.99. The van der Waals surface area contributed by atoms with Crippen molar-refractivity contribution in [2.45, 2.75) is 38.8 Å². The lowest BCUT2D eigenvalue weighted by atomic mass is 9.86. The Kier molecular flexibility index (Phi) is 4.26. The third-order valence-electron chi connectivity index (χ3n) is 2.26. The van der Waals surface area contributed by atoms with Crippen LogP contribution in [0.2, 0.25) is 0 Å². The Labute approximate surface area is 84.3 Å². The predicted molar refractivity (Wildman–Crippen MR) is 56.9 cm³/mol. The summed E-state index contributed by atoms with van der Waals surface area (Å²) in [6.07, 6.45) is 1.87. The van der Waals surface area contributed by atoms with Crippen molar-refractivity contribution >= 4 is 17.7 Å². The third kappa shape index (κ3) is 4.00. The van der Waals surface area contributed by atoms with Crippen LogP contribution in [0.3, 0.4) is 0 Å². The van der Waals surface area contributed by atoms with Gasteiger partial charge in [-0.25, -0.2) is 0 Å². The molecule has 0 rings (SSSR count). The smallest absolute Gasteiger partial charge is 0.230 e. The van der Waals surface area contributed by atoms with Gasteiger partial charge in [0.25, 0.3) is 0 Å². The Hall–Kier alpha value is -0.220. The van der Waals surface area contributed by atoms with Gasteiger partial charge in [-0.05, 0) is 34.0 Å². The van der Waals surface area contributed by atoms with Gasteiger partial charge in [0.2, 0.25) is 5.91 Å². The van der Waals surface area contributed by atoms with Gasteiger partial charge in [0.05, 0.1) is 16.9 Å². The first kappa shape index (κ1) is 12.8. The number of carbonyl (C=O) groups excluding carboxylic acids is 1. The van der Waals surface area contributed by atoms with Crippen molar-refractivity contribution in [3.63, 3.8) is 0 Å². The second kappa shape index (κ2) is 4.33. The molecule has 0 radical (unpaired) electrons. The summed E-state index contributed by atoms with van der Waals surface area (Å²) < 4.78 is 0. The van der Waals surface area contributed by atoms with Crippen LogP contribution in [0.15, 0.2) is 0 Å². The molecule has 0 heterocycles. The highest BCUT2D eigenvalue weighted by Crippen LogP contribution is 2.20. The van der Waals surface area contributed by atoms with Gasteiger partial charge in [-0.1, -0.05) is 0 Å². The highest BCUT2D eigenvalue weighted by Gasteiger charge is 2.35. The molecule has 0 aromatic rings. The summed E-state index contributed by atoms with van der Waals surface area (Å²) in [7, 11) is 0. The molecule has 78 valence electrons. The zero-order valence-electron chi connectivity index (χ0n) is 8.97. The summed E-state index contributed by atoms with van der Waals surface area (Å²) >= 11 is 1.47. The molecule has 0 aromatic carbocycles. The molecule has 0 bridgehead atoms. The third-order valence-corrected chi connectivity index (χ3v) is 2.81. The van der Waals surface area contributed by atoms with Gasteiger partial charge in [-0.2, -0.15) is 11.8 Å². The quantitative estimate of drug-likeness (QED) is 0.720. The van der Waals surface area contributed by atoms with Crippen molar-refractivity contribution in [3.05, 3.63) is 0 Å². The minimum atomic E-state index is -0.916. The Morgan fingerprint density at radius 3 is 2.15 bits per heavy atom. The van der Waals surface area contributed by atoms with E-state index in [-0.39, 0.29) is 5.91 Å². The average Bonchev–Trinajstić information content (AvgIpc) is 1.83. The molecule has 0 aromatic heterocycles. The van der Waals surface area contributed by atoms with Crippen molar-refractivity contribution in [1.82, 2.24) is 5.32 Å². The van der Waals surface area contributed by atoms with Crippen molar-refractivity contribution in [2.24, 2.45) is 0 Å². The average molecular weight is 205 g/mol. The number of rotatable bonds is 4. The summed E-state index contributed by atoms with van der Waals surface area (Å²) in [5.74, 6) is 0.388. The van der Waals surface area contributed by atoms with E-state index in [4.69, 9.17) is 0 Å². The summed E-state index contributed by atoms with van der Waals surface area (Å²) in [4.78, 5) is 11.3. The number of amides is 1. The summed E-state index contributed by atoms with van der Waals surface area (Å²) in [5, 5.41) is 12.5. The maximum atomic E-state index is 11.3. The molecule has 0 aliphatic heterocycles. The standard InChI is InChI=1S/C9H19NO2S/c1-8(2,9(3,4)12)10-7(11)6-13-5/h12H,6H2,1-5H3,(H,10,11). The first-order chi connectivity index (χ1) is 5.70. The second-order valence-electron chi connectivity index (χ2n) is 4.17. The molecule has 2 N–H and O–H groups in total. The normalized spacial score (nSPS) is 12.8. The molecule has 0 atom stereocenters. The molecule has 3 nitrogen and oxygen atoms in total. The van der Waals surface area contributed by atoms with E-state index in [1.54, 1.807) is 13.8 Å². The fraction of sp³-hybridized carbons (Fsp3) is 0.889. The van der Waals surface area contributed by atoms with Crippen molar-refractivity contribution in [2.75, 3.05) is 12.0 Å². The van der Waals surface area contributed by atoms with E-state index in [1.165, 1.54) is 11.8 Å². The minimum absolute atomic E-state index is 0.0420. The molecule has 0 aliphatic rings. The lowest BCUT2D eigenvalue weighted by Crippen LogP contribution is -2.58. The molecule has 0 saturated heterocycles. The molecule has 13 heavy (non-hydrogen) atoms. The number of nitrogens with one attached hydrogen (secondary N) is 1. The zero-order chi connectivity index (χ0) is 10.7. The van der Waals surface area contributed by atoms with E-state index in [2.05, 4.69) is 5.32 Å². The van der Waals surface area contributed by atoms with Gasteiger partial charge in [-0.3, -0.25) is 4.79 Å². The number of carbonyl (C=O) groups is 1. The lowest BCUT2D eigenvalue weighted by molar-refractivity contribution is -0.123. The van der Waals surface area contributed by atoms with E-state index in [9.17, 15) is 9.90 Å². The van der Waals surface area contributed by atoms with Crippen molar-refractivity contribution in [3.8, 4) is 0 Å². The molecule has 0 unspecified atom stereocenters. The van der Waals surface area contributed by atoms with Crippen LogP contribution < -0.4 is 5.32 Å².